The lowest BCUT2D eigenvalue weighted by molar-refractivity contribution is -0.132. The number of benzene rings is 3. The minimum atomic E-state index is -0.824. The van der Waals surface area contributed by atoms with Crippen LogP contribution in [0.5, 0.6) is 11.5 Å². The summed E-state index contributed by atoms with van der Waals surface area (Å²) in [6.45, 7) is 8.35. The molecule has 1 heterocycles. The van der Waals surface area contributed by atoms with Gasteiger partial charge in [-0.1, -0.05) is 26.0 Å². The van der Waals surface area contributed by atoms with Gasteiger partial charge in [-0.15, -0.1) is 0 Å². The van der Waals surface area contributed by atoms with Crippen LogP contribution in [0.4, 0.5) is 11.4 Å². The highest BCUT2D eigenvalue weighted by atomic mass is 16.5. The third kappa shape index (κ3) is 5.21. The van der Waals surface area contributed by atoms with Gasteiger partial charge in [-0.25, -0.2) is 0 Å². The molecule has 0 bridgehead atoms. The summed E-state index contributed by atoms with van der Waals surface area (Å²) >= 11 is 0. The largest absolute Gasteiger partial charge is 0.507 e. The summed E-state index contributed by atoms with van der Waals surface area (Å²) in [5, 5.41) is 11.7. The molecule has 0 spiro atoms. The van der Waals surface area contributed by atoms with Crippen molar-refractivity contribution in [1.82, 2.24) is 0 Å². The van der Waals surface area contributed by atoms with E-state index in [1.165, 1.54) is 4.90 Å². The Morgan fingerprint density at radius 3 is 2.21 bits per heavy atom. The molecule has 0 aliphatic carbocycles. The molecule has 1 amide bonds. The van der Waals surface area contributed by atoms with Gasteiger partial charge in [0.2, 0.25) is 0 Å². The summed E-state index contributed by atoms with van der Waals surface area (Å²) in [4.78, 5) is 30.6. The lowest BCUT2D eigenvalue weighted by Crippen LogP contribution is -2.29. The monoisotopic (exact) mass is 528 g/mol. The Kier molecular flexibility index (Phi) is 8.00. The topological polar surface area (TPSA) is 79.3 Å². The molecule has 39 heavy (non-hydrogen) atoms. The summed E-state index contributed by atoms with van der Waals surface area (Å²) in [7, 11) is 5.48. The molecule has 3 aromatic rings. The zero-order chi connectivity index (χ0) is 28.4. The lowest BCUT2D eigenvalue weighted by atomic mass is 9.91. The molecule has 4 rings (SSSR count). The molecule has 1 N–H and O–H groups in total. The second-order valence-electron chi connectivity index (χ2n) is 10.1. The van der Waals surface area contributed by atoms with Crippen LogP contribution in [-0.4, -0.2) is 44.6 Å². The van der Waals surface area contributed by atoms with Crippen molar-refractivity contribution in [3.63, 3.8) is 0 Å². The molecule has 1 aliphatic heterocycles. The van der Waals surface area contributed by atoms with Gasteiger partial charge in [-0.05, 0) is 85.0 Å². The predicted octanol–water partition coefficient (Wildman–Crippen LogP) is 6.22. The number of carbonyl (C=O) groups excluding carboxylic acids is 2. The van der Waals surface area contributed by atoms with Gasteiger partial charge < -0.3 is 19.5 Å². The molecule has 7 nitrogen and oxygen atoms in total. The number of carbonyl (C=O) groups is 2. The fourth-order valence-electron chi connectivity index (χ4n) is 4.96. The zero-order valence-corrected chi connectivity index (χ0v) is 23.6. The number of anilines is 2. The van der Waals surface area contributed by atoms with Crippen LogP contribution < -0.4 is 19.3 Å². The Morgan fingerprint density at radius 1 is 1.03 bits per heavy atom. The second-order valence-corrected chi connectivity index (χ2v) is 10.1. The third-order valence-electron chi connectivity index (χ3n) is 7.05. The number of amides is 1. The summed E-state index contributed by atoms with van der Waals surface area (Å²) in [6, 6.07) is 17.6. The van der Waals surface area contributed by atoms with Crippen LogP contribution in [0.1, 0.15) is 55.0 Å². The predicted molar refractivity (Wildman–Crippen MR) is 155 cm³/mol. The maximum atomic E-state index is 13.6. The average molecular weight is 529 g/mol. The quantitative estimate of drug-likeness (QED) is 0.213. The van der Waals surface area contributed by atoms with Crippen LogP contribution in [-0.2, 0) is 9.59 Å². The van der Waals surface area contributed by atoms with E-state index in [0.29, 0.717) is 34.9 Å². The second kappa shape index (κ2) is 11.2. The SMILES string of the molecule is CCOc1ccc(C2/C(=C(\O)c3cc(C(C)C)c(OC)cc3C)C(=O)C(=O)N2c2ccc(N(C)C)cc2)cc1. The van der Waals surface area contributed by atoms with Crippen molar-refractivity contribution in [2.45, 2.75) is 39.7 Å². The average Bonchev–Trinajstić information content (AvgIpc) is 3.18. The fourth-order valence-corrected chi connectivity index (χ4v) is 4.96. The molecule has 204 valence electrons. The number of ether oxygens (including phenoxy) is 2. The van der Waals surface area contributed by atoms with Crippen molar-refractivity contribution in [2.75, 3.05) is 37.6 Å². The Labute approximate surface area is 230 Å². The number of ketones is 1. The van der Waals surface area contributed by atoms with Crippen LogP contribution in [0, 0.1) is 6.92 Å². The number of aliphatic hydroxyl groups is 1. The summed E-state index contributed by atoms with van der Waals surface area (Å²) in [5.74, 6) is -0.120. The first kappa shape index (κ1) is 27.8. The number of aryl methyl sites for hydroxylation is 1. The Balaban J connectivity index is 1.94. The first-order valence-electron chi connectivity index (χ1n) is 13.1. The van der Waals surface area contributed by atoms with Crippen molar-refractivity contribution in [3.05, 3.63) is 88.5 Å². The zero-order valence-electron chi connectivity index (χ0n) is 23.6. The minimum absolute atomic E-state index is 0.0452. The Bertz CT molecular complexity index is 1410. The molecule has 7 heteroatoms. The highest BCUT2D eigenvalue weighted by Gasteiger charge is 2.47. The highest BCUT2D eigenvalue weighted by molar-refractivity contribution is 6.51. The summed E-state index contributed by atoms with van der Waals surface area (Å²) < 4.78 is 11.2. The smallest absolute Gasteiger partial charge is 0.300 e. The molecular formula is C32H36N2O5. The van der Waals surface area contributed by atoms with Gasteiger partial charge in [0.15, 0.2) is 0 Å². The van der Waals surface area contributed by atoms with E-state index in [1.54, 1.807) is 7.11 Å². The molecular weight excluding hydrogens is 492 g/mol. The van der Waals surface area contributed by atoms with Crippen molar-refractivity contribution in [1.29, 1.82) is 0 Å². The van der Waals surface area contributed by atoms with Crippen LogP contribution in [0.25, 0.3) is 5.76 Å². The number of hydrogen-bond acceptors (Lipinski definition) is 6. The van der Waals surface area contributed by atoms with E-state index in [2.05, 4.69) is 0 Å². The number of methoxy groups -OCH3 is 1. The van der Waals surface area contributed by atoms with Crippen molar-refractivity contribution in [3.8, 4) is 11.5 Å². The first-order valence-corrected chi connectivity index (χ1v) is 13.1. The number of Topliss-reactive ketones (excluding diaryl/α,β-unsaturated/α-hetero) is 1. The van der Waals surface area contributed by atoms with E-state index in [1.807, 2.05) is 107 Å². The summed E-state index contributed by atoms with van der Waals surface area (Å²) in [5.41, 5.74) is 4.39. The molecule has 1 unspecified atom stereocenters. The van der Waals surface area contributed by atoms with Gasteiger partial charge in [-0.3, -0.25) is 14.5 Å². The number of rotatable bonds is 8. The van der Waals surface area contributed by atoms with E-state index < -0.39 is 17.7 Å². The number of aliphatic hydroxyl groups excluding tert-OH is 1. The fraction of sp³-hybridized carbons (Fsp3) is 0.312. The van der Waals surface area contributed by atoms with Gasteiger partial charge in [0.25, 0.3) is 11.7 Å². The van der Waals surface area contributed by atoms with E-state index in [0.717, 1.165) is 16.8 Å². The molecule has 0 saturated carbocycles. The van der Waals surface area contributed by atoms with E-state index in [-0.39, 0.29) is 17.3 Å². The number of hydrogen-bond donors (Lipinski definition) is 1. The number of nitrogens with zero attached hydrogens (tertiary/aromatic N) is 2. The molecule has 1 saturated heterocycles. The maximum absolute atomic E-state index is 13.6. The third-order valence-corrected chi connectivity index (χ3v) is 7.05. The van der Waals surface area contributed by atoms with Crippen LogP contribution in [0.3, 0.4) is 0 Å². The Morgan fingerprint density at radius 2 is 1.67 bits per heavy atom. The van der Waals surface area contributed by atoms with Gasteiger partial charge in [0, 0.05) is 31.0 Å². The van der Waals surface area contributed by atoms with Gasteiger partial charge in [0.05, 0.1) is 25.3 Å². The minimum Gasteiger partial charge on any atom is -0.507 e. The van der Waals surface area contributed by atoms with E-state index in [4.69, 9.17) is 9.47 Å². The van der Waals surface area contributed by atoms with Crippen molar-refractivity contribution < 1.29 is 24.2 Å². The van der Waals surface area contributed by atoms with Crippen molar-refractivity contribution >= 4 is 28.8 Å². The highest BCUT2D eigenvalue weighted by Crippen LogP contribution is 2.44. The van der Waals surface area contributed by atoms with Crippen LogP contribution >= 0.6 is 0 Å². The maximum Gasteiger partial charge on any atom is 0.300 e. The molecule has 3 aromatic carbocycles. The van der Waals surface area contributed by atoms with Gasteiger partial charge in [-0.2, -0.15) is 0 Å². The van der Waals surface area contributed by atoms with E-state index >= 15 is 0 Å². The summed E-state index contributed by atoms with van der Waals surface area (Å²) in [6.07, 6.45) is 0. The lowest BCUT2D eigenvalue weighted by Gasteiger charge is -2.26. The molecule has 1 atom stereocenters. The van der Waals surface area contributed by atoms with Crippen LogP contribution in [0.2, 0.25) is 0 Å². The standard InChI is InChI=1S/C32H36N2O5/c1-8-39-24-15-9-21(10-16-24)29-28(30(35)26-18-25(19(2)3)27(38-7)17-20(26)4)31(36)32(37)34(29)23-13-11-22(12-14-23)33(5)6/h9-19,29,35H,8H2,1-7H3/b30-28+. The molecule has 0 radical (unpaired) electrons. The van der Waals surface area contributed by atoms with Gasteiger partial charge in [0.1, 0.15) is 17.3 Å². The molecule has 0 aromatic heterocycles. The van der Waals surface area contributed by atoms with Crippen molar-refractivity contribution in [2.24, 2.45) is 0 Å². The molecule has 1 fully saturated rings. The first-order chi connectivity index (χ1) is 18.6. The van der Waals surface area contributed by atoms with Crippen LogP contribution in [0.15, 0.2) is 66.2 Å². The van der Waals surface area contributed by atoms with E-state index in [9.17, 15) is 14.7 Å². The Hall–Kier alpha value is -4.26. The van der Waals surface area contributed by atoms with Gasteiger partial charge >= 0.3 is 0 Å². The molecule has 1 aliphatic rings. The normalized spacial score (nSPS) is 16.6.